The molecule has 0 spiro atoms. The molecule has 20 heavy (non-hydrogen) atoms. The Kier molecular flexibility index (Phi) is 5.86. The van der Waals surface area contributed by atoms with Gasteiger partial charge in [-0.25, -0.2) is 0 Å². The van der Waals surface area contributed by atoms with Crippen LogP contribution in [0.15, 0.2) is 23.1 Å². The number of rotatable bonds is 6. The summed E-state index contributed by atoms with van der Waals surface area (Å²) in [4.78, 5) is 0.818. The molecule has 2 unspecified atom stereocenters. The van der Waals surface area contributed by atoms with E-state index >= 15 is 0 Å². The van der Waals surface area contributed by atoms with E-state index in [4.69, 9.17) is 9.47 Å². The van der Waals surface area contributed by atoms with Crippen molar-refractivity contribution in [1.29, 1.82) is 0 Å². The zero-order valence-corrected chi connectivity index (χ0v) is 13.0. The minimum absolute atomic E-state index is 0.393. The summed E-state index contributed by atoms with van der Waals surface area (Å²) < 4.78 is 23.5. The molecule has 0 bridgehead atoms. The van der Waals surface area contributed by atoms with Crippen LogP contribution in [0.25, 0.3) is 0 Å². The molecule has 1 heterocycles. The van der Waals surface area contributed by atoms with Gasteiger partial charge in [-0.15, -0.1) is 0 Å². The summed E-state index contributed by atoms with van der Waals surface area (Å²) >= 11 is 0. The van der Waals surface area contributed by atoms with Crippen LogP contribution >= 0.6 is 0 Å². The molecular weight excluding hydrogens is 274 g/mol. The van der Waals surface area contributed by atoms with Crippen LogP contribution in [-0.4, -0.2) is 35.8 Å². The smallest absolute Gasteiger partial charge is 0.162 e. The van der Waals surface area contributed by atoms with Gasteiger partial charge in [0.25, 0.3) is 0 Å². The summed E-state index contributed by atoms with van der Waals surface area (Å²) in [6.07, 6.45) is 1.78. The molecule has 0 fully saturated rings. The SMILES string of the molecule is CCNC(C)CCS(=O)c1ccc2c(c1)OCCCO2. The zero-order chi connectivity index (χ0) is 14.4. The molecule has 0 aliphatic carbocycles. The maximum atomic E-state index is 12.3. The van der Waals surface area contributed by atoms with E-state index in [1.807, 2.05) is 18.2 Å². The van der Waals surface area contributed by atoms with Crippen molar-refractivity contribution in [2.24, 2.45) is 0 Å². The minimum Gasteiger partial charge on any atom is -0.490 e. The molecule has 1 aromatic rings. The summed E-state index contributed by atoms with van der Waals surface area (Å²) in [5.74, 6) is 2.13. The zero-order valence-electron chi connectivity index (χ0n) is 12.2. The largest absolute Gasteiger partial charge is 0.490 e. The van der Waals surface area contributed by atoms with Crippen molar-refractivity contribution >= 4 is 10.8 Å². The average Bonchev–Trinajstić information content (AvgIpc) is 2.69. The Labute approximate surface area is 123 Å². The highest BCUT2D eigenvalue weighted by molar-refractivity contribution is 7.85. The van der Waals surface area contributed by atoms with Gasteiger partial charge in [0, 0.05) is 29.2 Å². The first kappa shape index (κ1) is 15.3. The van der Waals surface area contributed by atoms with Crippen LogP contribution in [0.3, 0.4) is 0 Å². The lowest BCUT2D eigenvalue weighted by Crippen LogP contribution is -2.27. The van der Waals surface area contributed by atoms with Gasteiger partial charge in [-0.05, 0) is 32.0 Å². The molecule has 4 nitrogen and oxygen atoms in total. The molecule has 2 rings (SSSR count). The predicted octanol–water partition coefficient (Wildman–Crippen LogP) is 2.34. The topological polar surface area (TPSA) is 47.6 Å². The Hall–Kier alpha value is -1.07. The second-order valence-electron chi connectivity index (χ2n) is 4.96. The lowest BCUT2D eigenvalue weighted by molar-refractivity contribution is 0.297. The van der Waals surface area contributed by atoms with E-state index in [9.17, 15) is 4.21 Å². The third-order valence-corrected chi connectivity index (χ3v) is 4.66. The van der Waals surface area contributed by atoms with Crippen LogP contribution in [0.2, 0.25) is 0 Å². The van der Waals surface area contributed by atoms with Gasteiger partial charge in [-0.1, -0.05) is 6.92 Å². The fourth-order valence-corrected chi connectivity index (χ4v) is 3.40. The molecule has 2 atom stereocenters. The standard InChI is InChI=1S/C15H23NO3S/c1-3-16-12(2)7-10-20(17)13-5-6-14-15(11-13)19-9-4-8-18-14/h5-6,11-12,16H,3-4,7-10H2,1-2H3. The average molecular weight is 297 g/mol. The maximum Gasteiger partial charge on any atom is 0.162 e. The van der Waals surface area contributed by atoms with Crippen molar-refractivity contribution < 1.29 is 13.7 Å². The molecule has 0 saturated heterocycles. The van der Waals surface area contributed by atoms with E-state index in [0.29, 0.717) is 30.8 Å². The molecular formula is C15H23NO3S. The highest BCUT2D eigenvalue weighted by Gasteiger charge is 2.14. The van der Waals surface area contributed by atoms with E-state index in [-0.39, 0.29) is 0 Å². The molecule has 112 valence electrons. The van der Waals surface area contributed by atoms with Crippen molar-refractivity contribution in [1.82, 2.24) is 5.32 Å². The highest BCUT2D eigenvalue weighted by atomic mass is 32.2. The van der Waals surface area contributed by atoms with Gasteiger partial charge < -0.3 is 14.8 Å². The Balaban J connectivity index is 1.98. The third-order valence-electron chi connectivity index (χ3n) is 3.27. The molecule has 5 heteroatoms. The number of ether oxygens (including phenoxy) is 2. The van der Waals surface area contributed by atoms with Gasteiger partial charge in [0.1, 0.15) is 0 Å². The van der Waals surface area contributed by atoms with Crippen LogP contribution < -0.4 is 14.8 Å². The van der Waals surface area contributed by atoms with Crippen LogP contribution in [0, 0.1) is 0 Å². The van der Waals surface area contributed by atoms with Gasteiger partial charge >= 0.3 is 0 Å². The van der Waals surface area contributed by atoms with Gasteiger partial charge in [0.05, 0.1) is 24.0 Å². The highest BCUT2D eigenvalue weighted by Crippen LogP contribution is 2.31. The fraction of sp³-hybridized carbons (Fsp3) is 0.600. The number of benzene rings is 1. The second kappa shape index (κ2) is 7.64. The first-order valence-corrected chi connectivity index (χ1v) is 8.54. The van der Waals surface area contributed by atoms with E-state index in [1.165, 1.54) is 0 Å². The van der Waals surface area contributed by atoms with Crippen molar-refractivity contribution in [2.45, 2.75) is 37.6 Å². The number of hydrogen-bond donors (Lipinski definition) is 1. The molecule has 0 amide bonds. The molecule has 0 aromatic heterocycles. The minimum atomic E-state index is -0.987. The normalized spacial score (nSPS) is 17.3. The Morgan fingerprint density at radius 3 is 2.80 bits per heavy atom. The van der Waals surface area contributed by atoms with Crippen molar-refractivity contribution in [2.75, 3.05) is 25.5 Å². The molecule has 1 N–H and O–H groups in total. The fourth-order valence-electron chi connectivity index (χ4n) is 2.14. The lowest BCUT2D eigenvalue weighted by Gasteiger charge is -2.12. The number of fused-ring (bicyclic) bond motifs is 1. The summed E-state index contributed by atoms with van der Waals surface area (Å²) in [6, 6.07) is 5.99. The Morgan fingerprint density at radius 1 is 1.30 bits per heavy atom. The Morgan fingerprint density at radius 2 is 2.05 bits per heavy atom. The second-order valence-corrected chi connectivity index (χ2v) is 6.53. The van der Waals surface area contributed by atoms with Gasteiger partial charge in [0.15, 0.2) is 11.5 Å². The molecule has 0 radical (unpaired) electrons. The molecule has 1 aromatic carbocycles. The van der Waals surface area contributed by atoms with Gasteiger partial charge in [0.2, 0.25) is 0 Å². The lowest BCUT2D eigenvalue weighted by atomic mass is 10.3. The quantitative estimate of drug-likeness (QED) is 0.875. The van der Waals surface area contributed by atoms with Gasteiger partial charge in [-0.3, -0.25) is 4.21 Å². The van der Waals surface area contributed by atoms with E-state index in [1.54, 1.807) is 0 Å². The Bertz CT molecular complexity index is 464. The molecule has 1 aliphatic heterocycles. The summed E-state index contributed by atoms with van der Waals surface area (Å²) in [5.41, 5.74) is 0. The third kappa shape index (κ3) is 4.21. The van der Waals surface area contributed by atoms with Crippen molar-refractivity contribution in [3.05, 3.63) is 18.2 Å². The van der Waals surface area contributed by atoms with Crippen molar-refractivity contribution in [3.8, 4) is 11.5 Å². The summed E-state index contributed by atoms with van der Waals surface area (Å²) in [5, 5.41) is 3.33. The molecule has 1 aliphatic rings. The first-order chi connectivity index (χ1) is 9.70. The summed E-state index contributed by atoms with van der Waals surface area (Å²) in [6.45, 7) is 6.47. The van der Waals surface area contributed by atoms with Crippen molar-refractivity contribution in [3.63, 3.8) is 0 Å². The van der Waals surface area contributed by atoms with E-state index in [2.05, 4.69) is 19.2 Å². The molecule has 0 saturated carbocycles. The first-order valence-electron chi connectivity index (χ1n) is 7.22. The van der Waals surface area contributed by atoms with E-state index < -0.39 is 10.8 Å². The monoisotopic (exact) mass is 297 g/mol. The predicted molar refractivity (Wildman–Crippen MR) is 81.1 cm³/mol. The van der Waals surface area contributed by atoms with Crippen LogP contribution in [0.5, 0.6) is 11.5 Å². The number of hydrogen-bond acceptors (Lipinski definition) is 4. The van der Waals surface area contributed by atoms with Gasteiger partial charge in [-0.2, -0.15) is 0 Å². The number of nitrogens with one attached hydrogen (secondary N) is 1. The maximum absolute atomic E-state index is 12.3. The van der Waals surface area contributed by atoms with Crippen LogP contribution in [0.1, 0.15) is 26.7 Å². The van der Waals surface area contributed by atoms with Crippen LogP contribution in [0.4, 0.5) is 0 Å². The van der Waals surface area contributed by atoms with E-state index in [0.717, 1.165) is 30.0 Å². The summed E-state index contributed by atoms with van der Waals surface area (Å²) in [7, 11) is -0.987. The van der Waals surface area contributed by atoms with Crippen LogP contribution in [-0.2, 0) is 10.8 Å².